The first-order chi connectivity index (χ1) is 10.6. The van der Waals surface area contributed by atoms with Crippen LogP contribution < -0.4 is 11.2 Å². The molecule has 0 radical (unpaired) electrons. The van der Waals surface area contributed by atoms with Crippen molar-refractivity contribution in [1.29, 1.82) is 0 Å². The van der Waals surface area contributed by atoms with Crippen molar-refractivity contribution in [2.75, 3.05) is 5.73 Å². The fourth-order valence-electron chi connectivity index (χ4n) is 2.10. The van der Waals surface area contributed by atoms with E-state index in [9.17, 15) is 9.60 Å². The van der Waals surface area contributed by atoms with E-state index in [1.165, 1.54) is 12.1 Å². The summed E-state index contributed by atoms with van der Waals surface area (Å²) in [5, 5.41) is 9.39. The van der Waals surface area contributed by atoms with Crippen molar-refractivity contribution in [2.45, 2.75) is 0 Å². The van der Waals surface area contributed by atoms with Crippen LogP contribution in [0, 0.1) is 5.82 Å². The number of hydroxylamine groups is 1. The van der Waals surface area contributed by atoms with Gasteiger partial charge in [-0.25, -0.2) is 14.4 Å². The van der Waals surface area contributed by atoms with Crippen LogP contribution in [0.25, 0.3) is 11.0 Å². The maximum Gasteiger partial charge on any atom is 0.198 e. The minimum atomic E-state index is -0.508. The lowest BCUT2D eigenvalue weighted by Gasteiger charge is -2.07. The molecule has 0 bridgehead atoms. The van der Waals surface area contributed by atoms with Crippen molar-refractivity contribution < 1.29 is 9.60 Å². The molecule has 6 nitrogen and oxygen atoms in total. The number of benzene rings is 2. The number of imidazole rings is 1. The van der Waals surface area contributed by atoms with Crippen LogP contribution >= 0.6 is 15.9 Å². The van der Waals surface area contributed by atoms with E-state index in [-0.39, 0.29) is 11.8 Å². The highest BCUT2D eigenvalue weighted by molar-refractivity contribution is 9.10. The van der Waals surface area contributed by atoms with Crippen molar-refractivity contribution in [1.82, 2.24) is 15.4 Å². The Bertz CT molecular complexity index is 877. The molecule has 8 heteroatoms. The maximum absolute atomic E-state index is 13.7. The van der Waals surface area contributed by atoms with Crippen LogP contribution in [0.5, 0.6) is 0 Å². The van der Waals surface area contributed by atoms with E-state index < -0.39 is 5.82 Å². The minimum absolute atomic E-state index is 0.0752. The molecule has 0 aliphatic carbocycles. The number of rotatable bonds is 2. The van der Waals surface area contributed by atoms with Crippen LogP contribution in [-0.2, 0) is 0 Å². The highest BCUT2D eigenvalue weighted by Gasteiger charge is 2.13. The SMILES string of the molecule is Nc1nc2cc(F)cc(C(=Nc3cccc(Br)c3)NO)c2[nH]1. The highest BCUT2D eigenvalue weighted by Crippen LogP contribution is 2.23. The Morgan fingerprint density at radius 1 is 1.36 bits per heavy atom. The van der Waals surface area contributed by atoms with Crippen molar-refractivity contribution >= 4 is 44.4 Å². The molecule has 0 saturated carbocycles. The van der Waals surface area contributed by atoms with E-state index >= 15 is 0 Å². The predicted octanol–water partition coefficient (Wildman–Crippen LogP) is 3.10. The number of aliphatic imine (C=N–C) groups is 1. The number of aromatic nitrogens is 2. The maximum atomic E-state index is 13.7. The van der Waals surface area contributed by atoms with Crippen LogP contribution in [0.1, 0.15) is 5.56 Å². The van der Waals surface area contributed by atoms with E-state index in [0.717, 1.165) is 4.47 Å². The van der Waals surface area contributed by atoms with Gasteiger partial charge in [0.25, 0.3) is 0 Å². The molecule has 0 fully saturated rings. The van der Waals surface area contributed by atoms with Gasteiger partial charge in [-0.2, -0.15) is 0 Å². The number of amidine groups is 1. The predicted molar refractivity (Wildman–Crippen MR) is 85.7 cm³/mol. The summed E-state index contributed by atoms with van der Waals surface area (Å²) in [6, 6.07) is 9.64. The first-order valence-corrected chi connectivity index (χ1v) is 7.05. The molecule has 1 heterocycles. The topological polar surface area (TPSA) is 99.3 Å². The van der Waals surface area contributed by atoms with E-state index in [1.54, 1.807) is 18.2 Å². The molecular weight excluding hydrogens is 353 g/mol. The van der Waals surface area contributed by atoms with Gasteiger partial charge in [-0.1, -0.05) is 22.0 Å². The average Bonchev–Trinajstić information content (AvgIpc) is 2.84. The molecule has 0 amide bonds. The summed E-state index contributed by atoms with van der Waals surface area (Å²) in [5.74, 6) is -0.279. The molecule has 1 aromatic heterocycles. The Balaban J connectivity index is 2.18. The number of nitrogen functional groups attached to an aromatic ring is 1. The summed E-state index contributed by atoms with van der Waals surface area (Å²) in [7, 11) is 0. The second kappa shape index (κ2) is 5.74. The molecule has 0 unspecified atom stereocenters. The monoisotopic (exact) mass is 363 g/mol. The third kappa shape index (κ3) is 2.78. The van der Waals surface area contributed by atoms with Gasteiger partial charge in [-0.3, -0.25) is 10.7 Å². The first kappa shape index (κ1) is 14.5. The lowest BCUT2D eigenvalue weighted by molar-refractivity contribution is 0.235. The number of fused-ring (bicyclic) bond motifs is 1. The van der Waals surface area contributed by atoms with E-state index in [0.29, 0.717) is 22.3 Å². The molecule has 5 N–H and O–H groups in total. The number of hydrogen-bond acceptors (Lipinski definition) is 4. The van der Waals surface area contributed by atoms with Gasteiger partial charge in [0.1, 0.15) is 5.82 Å². The van der Waals surface area contributed by atoms with E-state index in [4.69, 9.17) is 5.73 Å². The Hall–Kier alpha value is -2.45. The summed E-state index contributed by atoms with van der Waals surface area (Å²) in [4.78, 5) is 11.1. The fraction of sp³-hybridized carbons (Fsp3) is 0. The van der Waals surface area contributed by atoms with Crippen molar-refractivity contribution in [3.63, 3.8) is 0 Å². The zero-order valence-corrected chi connectivity index (χ0v) is 12.7. The number of nitrogens with zero attached hydrogens (tertiary/aromatic N) is 2. The molecule has 0 atom stereocenters. The zero-order valence-electron chi connectivity index (χ0n) is 11.1. The zero-order chi connectivity index (χ0) is 15.7. The molecule has 0 spiro atoms. The number of nitrogens with two attached hydrogens (primary N) is 1. The highest BCUT2D eigenvalue weighted by atomic mass is 79.9. The summed E-state index contributed by atoms with van der Waals surface area (Å²) < 4.78 is 14.6. The summed E-state index contributed by atoms with van der Waals surface area (Å²) in [6.45, 7) is 0. The number of anilines is 1. The lowest BCUT2D eigenvalue weighted by atomic mass is 10.1. The second-order valence-electron chi connectivity index (χ2n) is 4.52. The number of H-pyrrole nitrogens is 1. The normalized spacial score (nSPS) is 11.9. The summed E-state index contributed by atoms with van der Waals surface area (Å²) >= 11 is 3.34. The Kier molecular flexibility index (Phi) is 3.78. The van der Waals surface area contributed by atoms with Crippen molar-refractivity contribution in [2.24, 2.45) is 4.99 Å². The fourth-order valence-corrected chi connectivity index (χ4v) is 2.49. The Morgan fingerprint density at radius 3 is 2.91 bits per heavy atom. The molecular formula is C14H11BrFN5O. The number of hydrogen-bond donors (Lipinski definition) is 4. The average molecular weight is 364 g/mol. The summed E-state index contributed by atoms with van der Waals surface area (Å²) in [5.41, 5.74) is 9.33. The molecule has 3 aromatic rings. The number of aromatic amines is 1. The van der Waals surface area contributed by atoms with Gasteiger partial charge < -0.3 is 10.7 Å². The second-order valence-corrected chi connectivity index (χ2v) is 5.44. The van der Waals surface area contributed by atoms with Gasteiger partial charge in [-0.15, -0.1) is 0 Å². The standard InChI is InChI=1S/C14H11BrFN5O/c15-7-2-1-3-9(4-7)18-13(21-22)10-5-8(16)6-11-12(10)20-14(17)19-11/h1-6,22H,(H,18,21)(H3,17,19,20). The van der Waals surface area contributed by atoms with Crippen molar-refractivity contribution in [3.8, 4) is 0 Å². The molecule has 2 aromatic carbocycles. The lowest BCUT2D eigenvalue weighted by Crippen LogP contribution is -2.20. The molecule has 22 heavy (non-hydrogen) atoms. The molecule has 3 rings (SSSR count). The minimum Gasteiger partial charge on any atom is -0.369 e. The Labute approximate surface area is 133 Å². The smallest absolute Gasteiger partial charge is 0.198 e. The van der Waals surface area contributed by atoms with Crippen LogP contribution in [-0.4, -0.2) is 21.0 Å². The van der Waals surface area contributed by atoms with Gasteiger partial charge >= 0.3 is 0 Å². The molecule has 0 aliphatic rings. The van der Waals surface area contributed by atoms with E-state index in [2.05, 4.69) is 30.9 Å². The van der Waals surface area contributed by atoms with Crippen LogP contribution in [0.4, 0.5) is 16.0 Å². The quantitative estimate of drug-likeness (QED) is 0.319. The van der Waals surface area contributed by atoms with Gasteiger partial charge in [0.05, 0.1) is 16.7 Å². The van der Waals surface area contributed by atoms with Gasteiger partial charge in [0.15, 0.2) is 11.8 Å². The summed E-state index contributed by atoms with van der Waals surface area (Å²) in [6.07, 6.45) is 0. The van der Waals surface area contributed by atoms with Crippen molar-refractivity contribution in [3.05, 3.63) is 52.3 Å². The first-order valence-electron chi connectivity index (χ1n) is 6.26. The number of nitrogens with one attached hydrogen (secondary N) is 2. The molecule has 112 valence electrons. The third-order valence-corrected chi connectivity index (χ3v) is 3.48. The van der Waals surface area contributed by atoms with Crippen LogP contribution in [0.3, 0.4) is 0 Å². The van der Waals surface area contributed by atoms with Gasteiger partial charge in [0.2, 0.25) is 0 Å². The van der Waals surface area contributed by atoms with Crippen LogP contribution in [0.15, 0.2) is 45.9 Å². The third-order valence-electron chi connectivity index (χ3n) is 2.99. The molecule has 0 aliphatic heterocycles. The van der Waals surface area contributed by atoms with Gasteiger partial charge in [0, 0.05) is 16.1 Å². The largest absolute Gasteiger partial charge is 0.369 e. The molecule has 0 saturated heterocycles. The van der Waals surface area contributed by atoms with Gasteiger partial charge in [-0.05, 0) is 24.3 Å². The van der Waals surface area contributed by atoms with E-state index in [1.807, 2.05) is 11.5 Å². The van der Waals surface area contributed by atoms with Crippen LogP contribution in [0.2, 0.25) is 0 Å². The number of halogens is 2. The Morgan fingerprint density at radius 2 is 2.18 bits per heavy atom.